The second kappa shape index (κ2) is 14.8. The lowest BCUT2D eigenvalue weighted by Gasteiger charge is -2.12. The Morgan fingerprint density at radius 3 is 2.18 bits per heavy atom. The van der Waals surface area contributed by atoms with Crippen LogP contribution < -0.4 is 16.0 Å². The van der Waals surface area contributed by atoms with Gasteiger partial charge in [0.2, 0.25) is 5.91 Å². The zero-order valence-electron chi connectivity index (χ0n) is 24.5. The number of anilines is 2. The topological polar surface area (TPSA) is 130 Å². The molecule has 0 aliphatic carbocycles. The summed E-state index contributed by atoms with van der Waals surface area (Å²) in [4.78, 5) is 50.0. The van der Waals surface area contributed by atoms with Crippen molar-refractivity contribution in [2.75, 3.05) is 16.4 Å². The van der Waals surface area contributed by atoms with Gasteiger partial charge in [0.25, 0.3) is 17.5 Å². The fourth-order valence-corrected chi connectivity index (χ4v) is 4.85. The molecule has 4 aromatic rings. The molecule has 0 aromatic heterocycles. The first-order chi connectivity index (χ1) is 21.1. The van der Waals surface area contributed by atoms with Crippen molar-refractivity contribution in [3.05, 3.63) is 135 Å². The zero-order valence-corrected chi connectivity index (χ0v) is 25.3. The maximum absolute atomic E-state index is 13.3. The van der Waals surface area contributed by atoms with Gasteiger partial charge >= 0.3 is 0 Å². The molecule has 0 radical (unpaired) electrons. The van der Waals surface area contributed by atoms with E-state index in [2.05, 4.69) is 29.8 Å². The van der Waals surface area contributed by atoms with Crippen LogP contribution in [0.25, 0.3) is 6.08 Å². The molecule has 3 amide bonds. The molecule has 44 heavy (non-hydrogen) atoms. The third kappa shape index (κ3) is 8.89. The summed E-state index contributed by atoms with van der Waals surface area (Å²) >= 11 is 1.31. The van der Waals surface area contributed by atoms with Gasteiger partial charge < -0.3 is 16.0 Å². The summed E-state index contributed by atoms with van der Waals surface area (Å²) in [5, 5.41) is 19.3. The summed E-state index contributed by atoms with van der Waals surface area (Å²) < 4.78 is 0. The normalized spacial score (nSPS) is 11.1. The molecule has 0 aliphatic heterocycles. The number of hydrogen-bond donors (Lipinski definition) is 3. The van der Waals surface area contributed by atoms with E-state index < -0.39 is 16.7 Å². The van der Waals surface area contributed by atoms with Gasteiger partial charge in [-0.3, -0.25) is 24.5 Å². The second-order valence-corrected chi connectivity index (χ2v) is 11.3. The molecule has 10 heteroatoms. The molecule has 0 fully saturated rings. The molecule has 4 rings (SSSR count). The quantitative estimate of drug-likeness (QED) is 0.0716. The standard InChI is InChI=1S/C34H32N4O5S/c1-22(2)25-11-9-24(10-12-25)20-31(37-33(40)26-7-5-4-6-8-26)34(41)35-27-13-16-29(17-14-27)44-21-32(39)36-30-18-15-28(38(42)43)19-23(30)3/h4-20,22H,21H2,1-3H3,(H,35,41)(H,36,39)(H,37,40)/b31-20-. The molecule has 0 unspecified atom stereocenters. The number of hydrogen-bond acceptors (Lipinski definition) is 6. The van der Waals surface area contributed by atoms with Crippen LogP contribution in [0.3, 0.4) is 0 Å². The summed E-state index contributed by atoms with van der Waals surface area (Å²) in [6, 6.07) is 27.7. The number of nitro groups is 1. The fourth-order valence-electron chi connectivity index (χ4n) is 4.16. The number of carbonyl (C=O) groups excluding carboxylic acids is 3. The number of rotatable bonds is 11. The molecule has 9 nitrogen and oxygen atoms in total. The van der Waals surface area contributed by atoms with Gasteiger partial charge in [-0.1, -0.05) is 56.3 Å². The zero-order chi connectivity index (χ0) is 31.6. The molecule has 4 aromatic carbocycles. The van der Waals surface area contributed by atoms with Gasteiger partial charge in [-0.15, -0.1) is 11.8 Å². The lowest BCUT2D eigenvalue weighted by Crippen LogP contribution is -2.30. The first kappa shape index (κ1) is 31.7. The fraction of sp³-hybridized carbons (Fsp3) is 0.147. The lowest BCUT2D eigenvalue weighted by atomic mass is 10.0. The van der Waals surface area contributed by atoms with E-state index in [1.165, 1.54) is 35.5 Å². The number of amides is 3. The molecule has 0 spiro atoms. The van der Waals surface area contributed by atoms with Crippen molar-refractivity contribution in [2.24, 2.45) is 0 Å². The van der Waals surface area contributed by atoms with Crippen molar-refractivity contribution in [3.8, 4) is 0 Å². The van der Waals surface area contributed by atoms with Crippen molar-refractivity contribution in [1.29, 1.82) is 0 Å². The van der Waals surface area contributed by atoms with Crippen LogP contribution in [-0.4, -0.2) is 28.4 Å². The van der Waals surface area contributed by atoms with Crippen LogP contribution in [0.2, 0.25) is 0 Å². The van der Waals surface area contributed by atoms with Gasteiger partial charge in [0.1, 0.15) is 5.70 Å². The number of benzene rings is 4. The van der Waals surface area contributed by atoms with E-state index in [1.807, 2.05) is 30.3 Å². The Labute approximate surface area is 259 Å². The highest BCUT2D eigenvalue weighted by atomic mass is 32.2. The summed E-state index contributed by atoms with van der Waals surface area (Å²) in [7, 11) is 0. The molecule has 0 heterocycles. The first-order valence-electron chi connectivity index (χ1n) is 13.9. The van der Waals surface area contributed by atoms with Gasteiger partial charge in [0.05, 0.1) is 10.7 Å². The maximum atomic E-state index is 13.3. The third-order valence-electron chi connectivity index (χ3n) is 6.62. The molecule has 0 saturated heterocycles. The highest BCUT2D eigenvalue weighted by molar-refractivity contribution is 8.00. The van der Waals surface area contributed by atoms with E-state index in [-0.39, 0.29) is 23.0 Å². The van der Waals surface area contributed by atoms with Crippen LogP contribution in [0.4, 0.5) is 17.1 Å². The van der Waals surface area contributed by atoms with E-state index in [9.17, 15) is 24.5 Å². The molecule has 0 aliphatic rings. The van der Waals surface area contributed by atoms with Crippen molar-refractivity contribution < 1.29 is 19.3 Å². The highest BCUT2D eigenvalue weighted by Crippen LogP contribution is 2.24. The van der Waals surface area contributed by atoms with E-state index >= 15 is 0 Å². The number of nitro benzene ring substituents is 1. The minimum Gasteiger partial charge on any atom is -0.325 e. The van der Waals surface area contributed by atoms with Crippen molar-refractivity contribution in [2.45, 2.75) is 31.6 Å². The van der Waals surface area contributed by atoms with Crippen LogP contribution in [0.1, 0.15) is 46.8 Å². The monoisotopic (exact) mass is 608 g/mol. The average molecular weight is 609 g/mol. The molecular weight excluding hydrogens is 576 g/mol. The number of non-ortho nitro benzene ring substituents is 1. The van der Waals surface area contributed by atoms with Crippen LogP contribution in [-0.2, 0) is 9.59 Å². The summed E-state index contributed by atoms with van der Waals surface area (Å²) in [5.74, 6) is -0.658. The van der Waals surface area contributed by atoms with Gasteiger partial charge in [-0.2, -0.15) is 0 Å². The molecule has 0 bridgehead atoms. The summed E-state index contributed by atoms with van der Waals surface area (Å²) in [5.41, 5.74) is 4.03. The van der Waals surface area contributed by atoms with Gasteiger partial charge in [0.15, 0.2) is 0 Å². The Morgan fingerprint density at radius 1 is 0.886 bits per heavy atom. The van der Waals surface area contributed by atoms with Crippen molar-refractivity contribution >= 4 is 52.6 Å². The van der Waals surface area contributed by atoms with Gasteiger partial charge in [-0.25, -0.2) is 0 Å². The Bertz CT molecular complexity index is 1690. The van der Waals surface area contributed by atoms with E-state index in [4.69, 9.17) is 0 Å². The summed E-state index contributed by atoms with van der Waals surface area (Å²) in [6.07, 6.45) is 1.63. The number of nitrogens with one attached hydrogen (secondary N) is 3. The third-order valence-corrected chi connectivity index (χ3v) is 7.63. The van der Waals surface area contributed by atoms with Gasteiger partial charge in [-0.05, 0) is 78.1 Å². The molecule has 0 saturated carbocycles. The van der Waals surface area contributed by atoms with E-state index in [0.717, 1.165) is 10.5 Å². The van der Waals surface area contributed by atoms with Crippen LogP contribution >= 0.6 is 11.8 Å². The Hall–Kier alpha value is -5.22. The highest BCUT2D eigenvalue weighted by Gasteiger charge is 2.16. The van der Waals surface area contributed by atoms with Crippen molar-refractivity contribution in [3.63, 3.8) is 0 Å². The maximum Gasteiger partial charge on any atom is 0.272 e. The Balaban J connectivity index is 1.40. The molecular formula is C34H32N4O5S. The SMILES string of the molecule is Cc1cc([N+](=O)[O-])ccc1NC(=O)CSc1ccc(NC(=O)/C(=C/c2ccc(C(C)C)cc2)NC(=O)c2ccccc2)cc1. The van der Waals surface area contributed by atoms with Crippen LogP contribution in [0.15, 0.2) is 108 Å². The molecule has 3 N–H and O–H groups in total. The predicted octanol–water partition coefficient (Wildman–Crippen LogP) is 7.17. The second-order valence-electron chi connectivity index (χ2n) is 10.3. The van der Waals surface area contributed by atoms with E-state index in [1.54, 1.807) is 61.5 Å². The van der Waals surface area contributed by atoms with Gasteiger partial charge in [0, 0.05) is 34.0 Å². The number of carbonyl (C=O) groups is 3. The lowest BCUT2D eigenvalue weighted by molar-refractivity contribution is -0.384. The van der Waals surface area contributed by atoms with Crippen LogP contribution in [0, 0.1) is 17.0 Å². The van der Waals surface area contributed by atoms with E-state index in [0.29, 0.717) is 28.4 Å². The smallest absolute Gasteiger partial charge is 0.272 e. The van der Waals surface area contributed by atoms with Crippen LogP contribution in [0.5, 0.6) is 0 Å². The summed E-state index contributed by atoms with van der Waals surface area (Å²) in [6.45, 7) is 5.90. The Kier molecular flexibility index (Phi) is 10.7. The Morgan fingerprint density at radius 2 is 1.57 bits per heavy atom. The predicted molar refractivity (Wildman–Crippen MR) is 175 cm³/mol. The minimum absolute atomic E-state index is 0.0384. The molecule has 0 atom stereocenters. The number of aryl methyl sites for hydroxylation is 1. The number of nitrogens with zero attached hydrogens (tertiary/aromatic N) is 1. The average Bonchev–Trinajstić information content (AvgIpc) is 3.02. The van der Waals surface area contributed by atoms with Crippen molar-refractivity contribution in [1.82, 2.24) is 5.32 Å². The first-order valence-corrected chi connectivity index (χ1v) is 14.8. The molecule has 224 valence electrons. The number of thioether (sulfide) groups is 1. The largest absolute Gasteiger partial charge is 0.325 e. The minimum atomic E-state index is -0.486.